The van der Waals surface area contributed by atoms with Crippen LogP contribution in [0.2, 0.25) is 0 Å². The summed E-state index contributed by atoms with van der Waals surface area (Å²) in [5.41, 5.74) is 1.03. The fourth-order valence-electron chi connectivity index (χ4n) is 2.62. The molecule has 126 valence electrons. The number of carbonyl (C=O) groups excluding carboxylic acids is 2. The molecule has 1 aliphatic rings. The number of methoxy groups -OCH3 is 2. The number of hydrogen-bond acceptors (Lipinski definition) is 4. The Morgan fingerprint density at radius 2 is 2.04 bits per heavy atom. The van der Waals surface area contributed by atoms with Crippen molar-refractivity contribution in [2.45, 2.75) is 19.4 Å². The number of hydrogen-bond donors (Lipinski definition) is 1. The Hall–Kier alpha value is -2.08. The van der Waals surface area contributed by atoms with Gasteiger partial charge >= 0.3 is 0 Å². The predicted octanol–water partition coefficient (Wildman–Crippen LogP) is 1.20. The lowest BCUT2D eigenvalue weighted by Crippen LogP contribution is -2.33. The molecule has 6 nitrogen and oxygen atoms in total. The summed E-state index contributed by atoms with van der Waals surface area (Å²) < 4.78 is 10.1. The molecular weight excluding hydrogens is 296 g/mol. The lowest BCUT2D eigenvalue weighted by molar-refractivity contribution is -0.129. The van der Waals surface area contributed by atoms with Crippen LogP contribution in [0.4, 0.5) is 0 Å². The van der Waals surface area contributed by atoms with Crippen LogP contribution in [0, 0.1) is 5.92 Å². The Balaban J connectivity index is 1.82. The summed E-state index contributed by atoms with van der Waals surface area (Å²) in [5.74, 6) is 0.502. The highest BCUT2D eigenvalue weighted by molar-refractivity contribution is 5.89. The molecule has 6 heteroatoms. The van der Waals surface area contributed by atoms with Crippen molar-refractivity contribution >= 4 is 11.8 Å². The van der Waals surface area contributed by atoms with Crippen LogP contribution in [0.3, 0.4) is 0 Å². The SMILES string of the molecule is COCCCNC(=O)[C@H]1CC(=O)N(Cc2ccc(OC)cc2)C1. The number of carbonyl (C=O) groups is 2. The molecule has 1 aliphatic heterocycles. The van der Waals surface area contributed by atoms with Crippen LogP contribution >= 0.6 is 0 Å². The summed E-state index contributed by atoms with van der Waals surface area (Å²) in [7, 11) is 3.25. The van der Waals surface area contributed by atoms with E-state index in [1.54, 1.807) is 19.1 Å². The molecule has 0 radical (unpaired) electrons. The maximum Gasteiger partial charge on any atom is 0.225 e. The van der Waals surface area contributed by atoms with Gasteiger partial charge in [-0.05, 0) is 24.1 Å². The molecule has 1 aromatic carbocycles. The number of nitrogens with zero attached hydrogens (tertiary/aromatic N) is 1. The number of rotatable bonds is 8. The van der Waals surface area contributed by atoms with Gasteiger partial charge in [0.05, 0.1) is 13.0 Å². The average molecular weight is 320 g/mol. The molecule has 23 heavy (non-hydrogen) atoms. The minimum Gasteiger partial charge on any atom is -0.497 e. The molecule has 0 bridgehead atoms. The van der Waals surface area contributed by atoms with Crippen molar-refractivity contribution in [1.29, 1.82) is 0 Å². The van der Waals surface area contributed by atoms with E-state index in [4.69, 9.17) is 9.47 Å². The zero-order valence-corrected chi connectivity index (χ0v) is 13.7. The van der Waals surface area contributed by atoms with Crippen molar-refractivity contribution in [3.8, 4) is 5.75 Å². The average Bonchev–Trinajstić information content (AvgIpc) is 2.93. The smallest absolute Gasteiger partial charge is 0.225 e. The highest BCUT2D eigenvalue weighted by Crippen LogP contribution is 2.21. The fraction of sp³-hybridized carbons (Fsp3) is 0.529. The molecule has 1 heterocycles. The summed E-state index contributed by atoms with van der Waals surface area (Å²) in [6.45, 7) is 2.20. The van der Waals surface area contributed by atoms with Gasteiger partial charge in [0.2, 0.25) is 11.8 Å². The fourth-order valence-corrected chi connectivity index (χ4v) is 2.62. The summed E-state index contributed by atoms with van der Waals surface area (Å²) in [5, 5.41) is 2.87. The van der Waals surface area contributed by atoms with Crippen LogP contribution < -0.4 is 10.1 Å². The van der Waals surface area contributed by atoms with E-state index < -0.39 is 0 Å². The van der Waals surface area contributed by atoms with Crippen LogP contribution in [-0.4, -0.2) is 50.6 Å². The molecule has 0 unspecified atom stereocenters. The topological polar surface area (TPSA) is 67.9 Å². The highest BCUT2D eigenvalue weighted by Gasteiger charge is 2.33. The molecule has 1 atom stereocenters. The zero-order valence-electron chi connectivity index (χ0n) is 13.7. The van der Waals surface area contributed by atoms with E-state index in [0.717, 1.165) is 17.7 Å². The van der Waals surface area contributed by atoms with Crippen molar-refractivity contribution in [3.63, 3.8) is 0 Å². The molecule has 0 aromatic heterocycles. The second-order valence-corrected chi connectivity index (χ2v) is 5.66. The quantitative estimate of drug-likeness (QED) is 0.731. The second-order valence-electron chi connectivity index (χ2n) is 5.66. The maximum absolute atomic E-state index is 12.1. The number of nitrogens with one attached hydrogen (secondary N) is 1. The molecule has 2 rings (SSSR count). The summed E-state index contributed by atoms with van der Waals surface area (Å²) >= 11 is 0. The standard InChI is InChI=1S/C17H24N2O4/c1-22-9-3-8-18-17(21)14-10-16(20)19(12-14)11-13-4-6-15(23-2)7-5-13/h4-7,14H,3,8-12H2,1-2H3,(H,18,21)/t14-/m0/s1. The number of ether oxygens (including phenoxy) is 2. The van der Waals surface area contributed by atoms with E-state index >= 15 is 0 Å². The van der Waals surface area contributed by atoms with E-state index in [-0.39, 0.29) is 24.2 Å². The molecule has 1 N–H and O–H groups in total. The van der Waals surface area contributed by atoms with Crippen LogP contribution in [0.25, 0.3) is 0 Å². The van der Waals surface area contributed by atoms with Crippen molar-refractivity contribution in [2.75, 3.05) is 33.9 Å². The van der Waals surface area contributed by atoms with E-state index in [0.29, 0.717) is 26.2 Å². The predicted molar refractivity (Wildman–Crippen MR) is 86.0 cm³/mol. The molecule has 0 spiro atoms. The van der Waals surface area contributed by atoms with Crippen molar-refractivity contribution < 1.29 is 19.1 Å². The molecule has 1 fully saturated rings. The number of amides is 2. The van der Waals surface area contributed by atoms with Crippen LogP contribution in [0.5, 0.6) is 5.75 Å². The Kier molecular flexibility index (Phi) is 6.40. The van der Waals surface area contributed by atoms with E-state index in [1.807, 2.05) is 24.3 Å². The van der Waals surface area contributed by atoms with Crippen LogP contribution in [-0.2, 0) is 20.9 Å². The first-order valence-corrected chi connectivity index (χ1v) is 7.81. The van der Waals surface area contributed by atoms with Gasteiger partial charge < -0.3 is 19.7 Å². The lowest BCUT2D eigenvalue weighted by Gasteiger charge is -2.17. The van der Waals surface area contributed by atoms with Crippen molar-refractivity contribution in [2.24, 2.45) is 5.92 Å². The summed E-state index contributed by atoms with van der Waals surface area (Å²) in [4.78, 5) is 25.9. The van der Waals surface area contributed by atoms with Gasteiger partial charge in [0.15, 0.2) is 0 Å². The van der Waals surface area contributed by atoms with Gasteiger partial charge in [0.1, 0.15) is 5.75 Å². The Morgan fingerprint density at radius 3 is 2.70 bits per heavy atom. The number of likely N-dealkylation sites (tertiary alicyclic amines) is 1. The number of benzene rings is 1. The summed E-state index contributed by atoms with van der Waals surface area (Å²) in [6, 6.07) is 7.61. The van der Waals surface area contributed by atoms with Gasteiger partial charge in [0, 0.05) is 39.8 Å². The maximum atomic E-state index is 12.1. The zero-order chi connectivity index (χ0) is 16.7. The first-order chi connectivity index (χ1) is 11.1. The van der Waals surface area contributed by atoms with Crippen LogP contribution in [0.15, 0.2) is 24.3 Å². The third-order valence-corrected chi connectivity index (χ3v) is 3.94. The van der Waals surface area contributed by atoms with Gasteiger partial charge in [-0.15, -0.1) is 0 Å². The monoisotopic (exact) mass is 320 g/mol. The molecular formula is C17H24N2O4. The molecule has 2 amide bonds. The van der Waals surface area contributed by atoms with E-state index in [1.165, 1.54) is 0 Å². The largest absolute Gasteiger partial charge is 0.497 e. The first-order valence-electron chi connectivity index (χ1n) is 7.81. The van der Waals surface area contributed by atoms with Crippen molar-refractivity contribution in [3.05, 3.63) is 29.8 Å². The van der Waals surface area contributed by atoms with E-state index in [2.05, 4.69) is 5.32 Å². The Bertz CT molecular complexity index is 530. The van der Waals surface area contributed by atoms with Gasteiger partial charge in [-0.25, -0.2) is 0 Å². The highest BCUT2D eigenvalue weighted by atomic mass is 16.5. The minimum atomic E-state index is -0.261. The minimum absolute atomic E-state index is 0.0258. The molecule has 0 saturated carbocycles. The van der Waals surface area contributed by atoms with E-state index in [9.17, 15) is 9.59 Å². The second kappa shape index (κ2) is 8.53. The van der Waals surface area contributed by atoms with Gasteiger partial charge in [-0.3, -0.25) is 9.59 Å². The third kappa shape index (κ3) is 4.96. The normalized spacial score (nSPS) is 17.4. The molecule has 1 aromatic rings. The van der Waals surface area contributed by atoms with Gasteiger partial charge in [-0.1, -0.05) is 12.1 Å². The summed E-state index contributed by atoms with van der Waals surface area (Å²) in [6.07, 6.45) is 1.06. The van der Waals surface area contributed by atoms with Crippen molar-refractivity contribution in [1.82, 2.24) is 10.2 Å². The lowest BCUT2D eigenvalue weighted by atomic mass is 10.1. The molecule has 1 saturated heterocycles. The molecule has 0 aliphatic carbocycles. The Morgan fingerprint density at radius 1 is 1.30 bits per heavy atom. The first kappa shape index (κ1) is 17.3. The van der Waals surface area contributed by atoms with Gasteiger partial charge in [0.25, 0.3) is 0 Å². The van der Waals surface area contributed by atoms with Gasteiger partial charge in [-0.2, -0.15) is 0 Å². The van der Waals surface area contributed by atoms with Crippen LogP contribution in [0.1, 0.15) is 18.4 Å². The third-order valence-electron chi connectivity index (χ3n) is 3.94. The Labute approximate surface area is 136 Å².